The molecule has 0 aromatic heterocycles. The van der Waals surface area contributed by atoms with E-state index < -0.39 is 13.3 Å². The van der Waals surface area contributed by atoms with Gasteiger partial charge in [-0.25, -0.2) is 0 Å². The van der Waals surface area contributed by atoms with E-state index in [1.807, 2.05) is 27.7 Å². The quantitative estimate of drug-likeness (QED) is 0.292. The van der Waals surface area contributed by atoms with Crippen LogP contribution in [0.1, 0.15) is 38.8 Å². The van der Waals surface area contributed by atoms with Gasteiger partial charge in [0, 0.05) is 0 Å². The van der Waals surface area contributed by atoms with Gasteiger partial charge in [0.25, 0.3) is 0 Å². The van der Waals surface area contributed by atoms with E-state index >= 15 is 0 Å². The van der Waals surface area contributed by atoms with Gasteiger partial charge in [0.2, 0.25) is 0 Å². The predicted octanol–water partition coefficient (Wildman–Crippen LogP) is 5.71. The molecule has 1 aliphatic heterocycles. The molecule has 5 rings (SSSR count). The molecule has 31 heavy (non-hydrogen) atoms. The fraction of sp³-hybridized carbons (Fsp3) is 0.200. The number of aryl methyl sites for hydroxylation is 2. The van der Waals surface area contributed by atoms with Crippen molar-refractivity contribution in [1.82, 2.24) is 0 Å². The van der Waals surface area contributed by atoms with E-state index in [2.05, 4.69) is 111 Å². The number of benzene rings is 4. The number of fused-ring (bicyclic) bond motifs is 3. The summed E-state index contributed by atoms with van der Waals surface area (Å²) >= 11 is -2.97. The SMILES string of the molecule is CC.CC.Cc1cc[c]2c(c1)-c1cc(C)cc[c]1[Ge]2([c]1ccccc1)[c]1ccccc1. The van der Waals surface area contributed by atoms with Gasteiger partial charge in [-0.15, -0.1) is 0 Å². The van der Waals surface area contributed by atoms with Gasteiger partial charge in [0.15, 0.2) is 0 Å². The molecule has 0 amide bonds. The minimum absolute atomic E-state index is 1.33. The molecule has 0 fully saturated rings. The standard InChI is InChI=1S/C26H22Ge.2C2H6/c1-19-13-15-25-23(17-19)24-18-20(2)14-16-26(24)27(25,21-9-5-3-6-10-21)22-11-7-4-8-12-22;2*1-2/h3-18H,1-2H3;2*1-2H3. The Morgan fingerprint density at radius 1 is 0.452 bits per heavy atom. The van der Waals surface area contributed by atoms with E-state index in [0.717, 1.165) is 0 Å². The summed E-state index contributed by atoms with van der Waals surface area (Å²) in [5.41, 5.74) is 5.56. The van der Waals surface area contributed by atoms with E-state index in [9.17, 15) is 0 Å². The van der Waals surface area contributed by atoms with Gasteiger partial charge < -0.3 is 0 Å². The number of hydrogen-bond donors (Lipinski definition) is 0. The van der Waals surface area contributed by atoms with Crippen LogP contribution in [-0.4, -0.2) is 13.3 Å². The molecular formula is C30H34Ge. The molecule has 0 saturated heterocycles. The van der Waals surface area contributed by atoms with Crippen LogP contribution in [0.3, 0.4) is 0 Å². The minimum atomic E-state index is -2.97. The van der Waals surface area contributed by atoms with Crippen LogP contribution in [0.5, 0.6) is 0 Å². The summed E-state index contributed by atoms with van der Waals surface area (Å²) in [6.07, 6.45) is 0. The molecule has 0 atom stereocenters. The Bertz CT molecular complexity index is 1030. The topological polar surface area (TPSA) is 0 Å². The molecule has 0 radical (unpaired) electrons. The molecule has 0 saturated carbocycles. The van der Waals surface area contributed by atoms with E-state index in [1.54, 1.807) is 8.79 Å². The van der Waals surface area contributed by atoms with E-state index in [4.69, 9.17) is 0 Å². The Morgan fingerprint density at radius 2 is 0.806 bits per heavy atom. The van der Waals surface area contributed by atoms with Gasteiger partial charge in [-0.05, 0) is 0 Å². The first kappa shape index (κ1) is 23.1. The normalized spacial score (nSPS) is 12.5. The molecule has 1 heteroatoms. The van der Waals surface area contributed by atoms with Crippen LogP contribution in [0, 0.1) is 13.8 Å². The summed E-state index contributed by atoms with van der Waals surface area (Å²) in [5, 5.41) is 0. The second kappa shape index (κ2) is 10.2. The third-order valence-electron chi connectivity index (χ3n) is 5.86. The summed E-state index contributed by atoms with van der Waals surface area (Å²) in [6, 6.07) is 36.7. The van der Waals surface area contributed by atoms with Crippen LogP contribution in [-0.2, 0) is 0 Å². The van der Waals surface area contributed by atoms with Crippen LogP contribution in [0.15, 0.2) is 97.1 Å². The molecule has 4 aromatic carbocycles. The molecule has 0 bridgehead atoms. The van der Waals surface area contributed by atoms with Crippen molar-refractivity contribution >= 4 is 30.8 Å². The van der Waals surface area contributed by atoms with Crippen molar-refractivity contribution in [1.29, 1.82) is 0 Å². The van der Waals surface area contributed by atoms with Crippen molar-refractivity contribution in [3.8, 4) is 11.1 Å². The Morgan fingerprint density at radius 3 is 1.16 bits per heavy atom. The van der Waals surface area contributed by atoms with Crippen molar-refractivity contribution in [2.75, 3.05) is 0 Å². The Hall–Kier alpha value is -2.58. The van der Waals surface area contributed by atoms with Crippen LogP contribution in [0.4, 0.5) is 0 Å². The first-order chi connectivity index (χ1) is 15.2. The average Bonchev–Trinajstić information content (AvgIpc) is 3.12. The number of hydrogen-bond acceptors (Lipinski definition) is 0. The van der Waals surface area contributed by atoms with E-state index in [-0.39, 0.29) is 0 Å². The molecule has 1 aliphatic rings. The Balaban J connectivity index is 0.000000645. The Labute approximate surface area is 191 Å². The van der Waals surface area contributed by atoms with Crippen molar-refractivity contribution < 1.29 is 0 Å². The monoisotopic (exact) mass is 468 g/mol. The van der Waals surface area contributed by atoms with Gasteiger partial charge >= 0.3 is 164 Å². The Kier molecular flexibility index (Phi) is 7.56. The summed E-state index contributed by atoms with van der Waals surface area (Å²) in [4.78, 5) is 0. The van der Waals surface area contributed by atoms with Crippen molar-refractivity contribution in [2.45, 2.75) is 41.5 Å². The first-order valence-corrected chi connectivity index (χ1v) is 15.7. The molecule has 158 valence electrons. The summed E-state index contributed by atoms with van der Waals surface area (Å²) in [7, 11) is 0. The maximum absolute atomic E-state index is 2.97. The van der Waals surface area contributed by atoms with Crippen LogP contribution < -0.4 is 17.6 Å². The number of rotatable bonds is 2. The van der Waals surface area contributed by atoms with Crippen LogP contribution >= 0.6 is 0 Å². The fourth-order valence-electron chi connectivity index (χ4n) is 4.73. The van der Waals surface area contributed by atoms with E-state index in [0.29, 0.717) is 0 Å². The van der Waals surface area contributed by atoms with Crippen LogP contribution in [0.25, 0.3) is 11.1 Å². The van der Waals surface area contributed by atoms with Crippen LogP contribution in [0.2, 0.25) is 0 Å². The van der Waals surface area contributed by atoms with Gasteiger partial charge in [-0.2, -0.15) is 0 Å². The third kappa shape index (κ3) is 3.90. The van der Waals surface area contributed by atoms with Gasteiger partial charge in [0.1, 0.15) is 0 Å². The molecule has 0 N–H and O–H groups in total. The predicted molar refractivity (Wildman–Crippen MR) is 141 cm³/mol. The van der Waals surface area contributed by atoms with Gasteiger partial charge in [0.05, 0.1) is 0 Å². The van der Waals surface area contributed by atoms with Gasteiger partial charge in [-0.3, -0.25) is 0 Å². The molecular weight excluding hydrogens is 433 g/mol. The molecule has 4 aromatic rings. The first-order valence-electron chi connectivity index (χ1n) is 11.5. The maximum atomic E-state index is 2.42. The molecule has 1 heterocycles. The van der Waals surface area contributed by atoms with Crippen molar-refractivity contribution in [3.63, 3.8) is 0 Å². The fourth-order valence-corrected chi connectivity index (χ4v) is 15.5. The molecule has 0 nitrogen and oxygen atoms in total. The zero-order valence-electron chi connectivity index (χ0n) is 19.7. The summed E-state index contributed by atoms with van der Waals surface area (Å²) < 4.78 is 6.16. The van der Waals surface area contributed by atoms with E-state index in [1.165, 1.54) is 31.0 Å². The third-order valence-corrected chi connectivity index (χ3v) is 16.1. The second-order valence-electron chi connectivity index (χ2n) is 7.58. The molecule has 0 spiro atoms. The summed E-state index contributed by atoms with van der Waals surface area (Å²) in [5.74, 6) is 0. The second-order valence-corrected chi connectivity index (χ2v) is 15.4. The van der Waals surface area contributed by atoms with Crippen molar-refractivity contribution in [3.05, 3.63) is 108 Å². The summed E-state index contributed by atoms with van der Waals surface area (Å²) in [6.45, 7) is 12.4. The zero-order chi connectivity index (χ0) is 22.4. The zero-order valence-corrected chi connectivity index (χ0v) is 21.8. The molecule has 0 unspecified atom stereocenters. The van der Waals surface area contributed by atoms with Gasteiger partial charge in [-0.1, -0.05) is 27.7 Å². The van der Waals surface area contributed by atoms with Crippen molar-refractivity contribution in [2.24, 2.45) is 0 Å². The average molecular weight is 467 g/mol. The molecule has 0 aliphatic carbocycles.